The number of thioether (sulfide) groups is 1. The molecule has 2 aromatic heterocycles. The van der Waals surface area contributed by atoms with Crippen LogP contribution in [0.25, 0.3) is 0 Å². The molecule has 0 unspecified atom stereocenters. The van der Waals surface area contributed by atoms with E-state index in [9.17, 15) is 0 Å². The summed E-state index contributed by atoms with van der Waals surface area (Å²) in [6, 6.07) is 0. The predicted molar refractivity (Wildman–Crippen MR) is 63.8 cm³/mol. The van der Waals surface area contributed by atoms with E-state index in [1.54, 1.807) is 16.5 Å². The molecule has 0 bridgehead atoms. The molecule has 2 heterocycles. The zero-order valence-corrected chi connectivity index (χ0v) is 10.2. The molecule has 0 spiro atoms. The number of aliphatic imine (C=N–C) groups is 1. The van der Waals surface area contributed by atoms with Gasteiger partial charge in [0.15, 0.2) is 11.0 Å². The minimum Gasteiger partial charge on any atom is -0.290 e. The summed E-state index contributed by atoms with van der Waals surface area (Å²) in [6.45, 7) is 0.380. The van der Waals surface area contributed by atoms with Crippen LogP contribution in [0.1, 0.15) is 5.82 Å². The van der Waals surface area contributed by atoms with E-state index in [4.69, 9.17) is 5.21 Å². The second-order valence-electron chi connectivity index (χ2n) is 3.02. The van der Waals surface area contributed by atoms with Gasteiger partial charge in [-0.2, -0.15) is 20.1 Å². The molecule has 0 aliphatic rings. The number of hydrogen-bond acceptors (Lipinski definition) is 8. The quantitative estimate of drug-likeness (QED) is 0.333. The summed E-state index contributed by atoms with van der Waals surface area (Å²) < 4.78 is 1.59. The van der Waals surface area contributed by atoms with Crippen molar-refractivity contribution in [3.8, 4) is 0 Å². The Morgan fingerprint density at radius 1 is 1.50 bits per heavy atom. The van der Waals surface area contributed by atoms with Crippen molar-refractivity contribution < 1.29 is 5.21 Å². The van der Waals surface area contributed by atoms with E-state index in [1.807, 2.05) is 6.26 Å². The number of aromatic nitrogens is 6. The molecule has 0 amide bonds. The average molecular weight is 266 g/mol. The van der Waals surface area contributed by atoms with Crippen LogP contribution in [-0.2, 0) is 6.54 Å². The van der Waals surface area contributed by atoms with Crippen LogP contribution >= 0.6 is 11.8 Å². The molecule has 0 aromatic carbocycles. The highest BCUT2D eigenvalue weighted by Crippen LogP contribution is 2.12. The molecule has 0 saturated heterocycles. The van der Waals surface area contributed by atoms with Crippen molar-refractivity contribution in [3.63, 3.8) is 0 Å². The van der Waals surface area contributed by atoms with Gasteiger partial charge in [0.2, 0.25) is 0 Å². The third-order valence-corrected chi connectivity index (χ3v) is 2.39. The Hall–Kier alpha value is -2.07. The molecule has 2 N–H and O–H groups in total. The van der Waals surface area contributed by atoms with Crippen molar-refractivity contribution in [1.29, 1.82) is 0 Å². The Balaban J connectivity index is 2.25. The monoisotopic (exact) mass is 266 g/mol. The lowest BCUT2D eigenvalue weighted by Crippen LogP contribution is -2.07. The summed E-state index contributed by atoms with van der Waals surface area (Å²) in [5.41, 5.74) is 1.79. The fraction of sp³-hybridized carbons (Fsp3) is 0.250. The van der Waals surface area contributed by atoms with Gasteiger partial charge in [-0.05, 0) is 6.26 Å². The fourth-order valence-corrected chi connectivity index (χ4v) is 1.52. The number of nitrogens with one attached hydrogen (secondary N) is 1. The Morgan fingerprint density at radius 2 is 2.39 bits per heavy atom. The van der Waals surface area contributed by atoms with Crippen molar-refractivity contribution >= 4 is 24.0 Å². The summed E-state index contributed by atoms with van der Waals surface area (Å²) >= 11 is 1.38. The van der Waals surface area contributed by atoms with Gasteiger partial charge in [0, 0.05) is 0 Å². The zero-order chi connectivity index (χ0) is 12.8. The molecule has 9 nitrogen and oxygen atoms in total. The third kappa shape index (κ3) is 3.21. The Morgan fingerprint density at radius 3 is 3.06 bits per heavy atom. The van der Waals surface area contributed by atoms with Gasteiger partial charge in [0.05, 0.1) is 0 Å². The van der Waals surface area contributed by atoms with Crippen LogP contribution in [-0.4, -0.2) is 47.5 Å². The summed E-state index contributed by atoms with van der Waals surface area (Å²) in [5, 5.41) is 12.9. The molecule has 2 aromatic rings. The topological polar surface area (TPSA) is 114 Å². The highest BCUT2D eigenvalue weighted by Gasteiger charge is 2.06. The van der Waals surface area contributed by atoms with Crippen molar-refractivity contribution in [3.05, 3.63) is 18.5 Å². The van der Waals surface area contributed by atoms with Crippen molar-refractivity contribution in [2.45, 2.75) is 11.7 Å². The van der Waals surface area contributed by atoms with Crippen molar-refractivity contribution in [1.82, 2.24) is 35.2 Å². The maximum atomic E-state index is 8.43. The molecular formula is C8H10N8OS. The first-order valence-electron chi connectivity index (χ1n) is 4.85. The largest absolute Gasteiger partial charge is 0.290 e. The van der Waals surface area contributed by atoms with Gasteiger partial charge in [-0.1, -0.05) is 11.8 Å². The van der Waals surface area contributed by atoms with Crippen molar-refractivity contribution in [2.75, 3.05) is 6.26 Å². The number of hydrogen-bond donors (Lipinski definition) is 2. The van der Waals surface area contributed by atoms with Crippen molar-refractivity contribution in [2.24, 2.45) is 4.99 Å². The smallest absolute Gasteiger partial charge is 0.255 e. The van der Waals surface area contributed by atoms with Crippen LogP contribution < -0.4 is 5.48 Å². The van der Waals surface area contributed by atoms with E-state index < -0.39 is 0 Å². The lowest BCUT2D eigenvalue weighted by Gasteiger charge is -2.02. The predicted octanol–water partition coefficient (Wildman–Crippen LogP) is -0.128. The van der Waals surface area contributed by atoms with E-state index in [0.29, 0.717) is 17.5 Å². The van der Waals surface area contributed by atoms with Gasteiger partial charge >= 0.3 is 0 Å². The fourth-order valence-electron chi connectivity index (χ4n) is 1.15. The zero-order valence-electron chi connectivity index (χ0n) is 9.43. The van der Waals surface area contributed by atoms with Gasteiger partial charge in [-0.15, -0.1) is 0 Å². The molecule has 2 rings (SSSR count). The van der Waals surface area contributed by atoms with E-state index in [1.165, 1.54) is 18.1 Å². The van der Waals surface area contributed by atoms with Crippen LogP contribution in [0.15, 0.2) is 22.8 Å². The van der Waals surface area contributed by atoms with E-state index in [2.05, 4.69) is 30.0 Å². The molecule has 0 fully saturated rings. The molecule has 0 saturated carbocycles. The lowest BCUT2D eigenvalue weighted by molar-refractivity contribution is 0.240. The standard InChI is InChI=1S/C8H10N8OS/c1-18-8-14-6(2-16-5-9-3-11-16)13-7(15-8)10-4-12-17/h3-5,17H,2H2,1H3,(H,10,12,13,14,15). The summed E-state index contributed by atoms with van der Waals surface area (Å²) in [6.07, 6.45) is 5.94. The average Bonchev–Trinajstić information content (AvgIpc) is 2.89. The van der Waals surface area contributed by atoms with Crippen LogP contribution in [0, 0.1) is 0 Å². The molecule has 10 heteroatoms. The van der Waals surface area contributed by atoms with E-state index in [-0.39, 0.29) is 5.95 Å². The number of nitrogens with zero attached hydrogens (tertiary/aromatic N) is 7. The molecular weight excluding hydrogens is 256 g/mol. The highest BCUT2D eigenvalue weighted by molar-refractivity contribution is 7.98. The van der Waals surface area contributed by atoms with Gasteiger partial charge in [0.1, 0.15) is 25.5 Å². The Kier molecular flexibility index (Phi) is 4.15. The van der Waals surface area contributed by atoms with Gasteiger partial charge in [0.25, 0.3) is 5.95 Å². The van der Waals surface area contributed by atoms with E-state index in [0.717, 1.165) is 6.34 Å². The van der Waals surface area contributed by atoms with Crippen LogP contribution in [0.3, 0.4) is 0 Å². The normalized spacial score (nSPS) is 11.0. The first kappa shape index (κ1) is 12.4. The second-order valence-corrected chi connectivity index (χ2v) is 3.79. The first-order chi connectivity index (χ1) is 8.81. The molecule has 94 valence electrons. The molecule has 0 aliphatic carbocycles. The Bertz CT molecular complexity index is 528. The number of rotatable bonds is 5. The SMILES string of the molecule is CSc1nc(Cn2cncn2)nc(/N=C\NO)n1. The molecule has 18 heavy (non-hydrogen) atoms. The Labute approximate surface area is 106 Å². The maximum absolute atomic E-state index is 8.43. The van der Waals surface area contributed by atoms with Crippen LogP contribution in [0.4, 0.5) is 5.95 Å². The minimum atomic E-state index is 0.214. The summed E-state index contributed by atoms with van der Waals surface area (Å²) in [7, 11) is 0. The molecule has 0 radical (unpaired) electrons. The van der Waals surface area contributed by atoms with Crippen LogP contribution in [0.5, 0.6) is 0 Å². The maximum Gasteiger partial charge on any atom is 0.255 e. The summed E-state index contributed by atoms with van der Waals surface area (Å²) in [4.78, 5) is 20.1. The van der Waals surface area contributed by atoms with E-state index >= 15 is 0 Å². The van der Waals surface area contributed by atoms with Gasteiger partial charge in [-0.25, -0.2) is 14.6 Å². The van der Waals surface area contributed by atoms with Gasteiger partial charge < -0.3 is 0 Å². The summed E-state index contributed by atoms with van der Waals surface area (Å²) in [5.74, 6) is 0.732. The molecule has 0 aliphatic heterocycles. The minimum absolute atomic E-state index is 0.214. The second kappa shape index (κ2) is 6.02. The first-order valence-corrected chi connectivity index (χ1v) is 6.08. The third-order valence-electron chi connectivity index (χ3n) is 1.84. The number of hydroxylamine groups is 1. The van der Waals surface area contributed by atoms with Gasteiger partial charge in [-0.3, -0.25) is 10.7 Å². The molecule has 0 atom stereocenters. The van der Waals surface area contributed by atoms with Crippen LogP contribution in [0.2, 0.25) is 0 Å². The lowest BCUT2D eigenvalue weighted by atomic mass is 10.6. The highest BCUT2D eigenvalue weighted by atomic mass is 32.2.